The van der Waals surface area contributed by atoms with Gasteiger partial charge < -0.3 is 20.2 Å². The number of carbonyl (C=O) groups is 1. The van der Waals surface area contributed by atoms with Crippen molar-refractivity contribution in [3.05, 3.63) is 72.1 Å². The first-order chi connectivity index (χ1) is 16.5. The maximum atomic E-state index is 12.9. The highest BCUT2D eigenvalue weighted by atomic mass is 16.3. The fourth-order valence-electron chi connectivity index (χ4n) is 5.69. The van der Waals surface area contributed by atoms with E-state index in [4.69, 9.17) is 0 Å². The minimum Gasteiger partial charge on any atom is -0.508 e. The van der Waals surface area contributed by atoms with E-state index in [-0.39, 0.29) is 17.6 Å². The molecule has 5 atom stereocenters. The zero-order chi connectivity index (χ0) is 23.5. The molecule has 0 aliphatic carbocycles. The molecule has 2 aromatic carbocycles. The van der Waals surface area contributed by atoms with E-state index in [1.807, 2.05) is 16.8 Å². The minimum absolute atomic E-state index is 0.0175. The van der Waals surface area contributed by atoms with Gasteiger partial charge in [-0.1, -0.05) is 41.6 Å². The number of phenolic OH excluding ortho intramolecular Hbond substituents is 1. The molecule has 3 fully saturated rings. The molecule has 1 amide bonds. The Labute approximate surface area is 200 Å². The third-order valence-corrected chi connectivity index (χ3v) is 7.33. The van der Waals surface area contributed by atoms with Crippen molar-refractivity contribution in [2.45, 2.75) is 38.5 Å². The Hall–Kier alpha value is -3.23. The number of hydrogen-bond donors (Lipinski definition) is 4. The van der Waals surface area contributed by atoms with Crippen molar-refractivity contribution >= 4 is 11.6 Å². The number of rotatable bonds is 8. The van der Waals surface area contributed by atoms with Crippen LogP contribution in [0.1, 0.15) is 24.1 Å². The first kappa shape index (κ1) is 22.6. The number of carbonyl (C=O) groups excluding carboxylic acids is 1. The van der Waals surface area contributed by atoms with Crippen LogP contribution in [0, 0.1) is 11.8 Å². The number of aromatic hydroxyl groups is 1. The average Bonchev–Trinajstić information content (AvgIpc) is 3.26. The topological polar surface area (TPSA) is 88.9 Å². The Morgan fingerprint density at radius 3 is 2.82 bits per heavy atom. The number of nitrogens with one attached hydrogen (secondary N) is 3. The van der Waals surface area contributed by atoms with Crippen LogP contribution in [0.2, 0.25) is 0 Å². The number of phenols is 1. The van der Waals surface area contributed by atoms with Crippen LogP contribution in [-0.4, -0.2) is 52.2 Å². The van der Waals surface area contributed by atoms with Gasteiger partial charge in [0.2, 0.25) is 5.91 Å². The van der Waals surface area contributed by atoms with E-state index in [9.17, 15) is 9.90 Å². The highest BCUT2D eigenvalue weighted by molar-refractivity contribution is 5.93. The van der Waals surface area contributed by atoms with Gasteiger partial charge in [-0.3, -0.25) is 4.79 Å². The van der Waals surface area contributed by atoms with Crippen molar-refractivity contribution < 1.29 is 19.7 Å². The highest BCUT2D eigenvalue weighted by Gasteiger charge is 2.46. The maximum Gasteiger partial charge on any atom is 0.233 e. The molecule has 6 rings (SSSR count). The van der Waals surface area contributed by atoms with E-state index in [1.165, 1.54) is 15.4 Å². The van der Waals surface area contributed by atoms with E-state index in [1.54, 1.807) is 18.2 Å². The normalized spacial score (nSPS) is 24.6. The van der Waals surface area contributed by atoms with Gasteiger partial charge in [0.05, 0.1) is 38.8 Å². The molecule has 34 heavy (non-hydrogen) atoms. The van der Waals surface area contributed by atoms with E-state index in [2.05, 4.69) is 53.1 Å². The predicted octanol–water partition coefficient (Wildman–Crippen LogP) is 0.131. The fourth-order valence-corrected chi connectivity index (χ4v) is 5.69. The lowest BCUT2D eigenvalue weighted by Gasteiger charge is -2.46. The molecule has 2 bridgehead atoms. The molecule has 1 aromatic heterocycles. The molecule has 178 valence electrons. The molecule has 3 aliphatic heterocycles. The van der Waals surface area contributed by atoms with Crippen molar-refractivity contribution in [2.24, 2.45) is 11.8 Å². The summed E-state index contributed by atoms with van der Waals surface area (Å²) >= 11 is 0. The standard InChI is InChI=1S/C26H32N6O2/c1-30(14-19-6-3-2-4-7-19)15-22-16-32(29-28-22)17-23-12-20-10-11-31(23)18-25(20)26(34)27-21-8-5-9-24(33)13-21/h2-9,13,16,20,23,25,33H,10-12,14-15,17-18H2,1H3,(H,27,34)/p+2/t20-,23+,25-/m0/s1. The van der Waals surface area contributed by atoms with E-state index >= 15 is 0 Å². The van der Waals surface area contributed by atoms with Crippen LogP contribution in [-0.2, 0) is 24.4 Å². The van der Waals surface area contributed by atoms with Crippen LogP contribution in [0.15, 0.2) is 60.8 Å². The van der Waals surface area contributed by atoms with Crippen molar-refractivity contribution in [1.82, 2.24) is 15.0 Å². The molecule has 0 saturated carbocycles. The van der Waals surface area contributed by atoms with Crippen molar-refractivity contribution in [3.63, 3.8) is 0 Å². The average molecular weight is 463 g/mol. The zero-order valence-corrected chi connectivity index (χ0v) is 19.7. The first-order valence-corrected chi connectivity index (χ1v) is 12.2. The third kappa shape index (κ3) is 5.29. The lowest BCUT2D eigenvalue weighted by atomic mass is 9.75. The Morgan fingerprint density at radius 2 is 2.06 bits per heavy atom. The Morgan fingerprint density at radius 1 is 1.21 bits per heavy atom. The monoisotopic (exact) mass is 462 g/mol. The molecule has 3 aromatic rings. The van der Waals surface area contributed by atoms with Crippen LogP contribution < -0.4 is 15.1 Å². The second-order valence-corrected chi connectivity index (χ2v) is 9.97. The van der Waals surface area contributed by atoms with Crippen LogP contribution in [0.5, 0.6) is 5.75 Å². The van der Waals surface area contributed by atoms with Gasteiger partial charge in [-0.05, 0) is 18.1 Å². The number of hydrogen-bond acceptors (Lipinski definition) is 4. The van der Waals surface area contributed by atoms with Crippen molar-refractivity contribution in [1.29, 1.82) is 0 Å². The maximum absolute atomic E-state index is 12.9. The molecular formula is C26H34N6O2+2. The summed E-state index contributed by atoms with van der Waals surface area (Å²) in [7, 11) is 2.18. The molecule has 8 heteroatoms. The van der Waals surface area contributed by atoms with Gasteiger partial charge >= 0.3 is 0 Å². The quantitative estimate of drug-likeness (QED) is 0.383. The summed E-state index contributed by atoms with van der Waals surface area (Å²) in [6.07, 6.45) is 4.20. The first-order valence-electron chi connectivity index (χ1n) is 12.2. The summed E-state index contributed by atoms with van der Waals surface area (Å²) in [4.78, 5) is 15.8. The van der Waals surface area contributed by atoms with Gasteiger partial charge in [0.1, 0.15) is 30.6 Å². The molecular weight excluding hydrogens is 428 g/mol. The third-order valence-electron chi connectivity index (χ3n) is 7.33. The summed E-state index contributed by atoms with van der Waals surface area (Å²) in [6, 6.07) is 17.8. The van der Waals surface area contributed by atoms with Gasteiger partial charge in [0, 0.05) is 30.2 Å². The number of amides is 1. The molecule has 3 saturated heterocycles. The number of aromatic nitrogens is 3. The summed E-state index contributed by atoms with van der Waals surface area (Å²) in [5, 5.41) is 21.5. The summed E-state index contributed by atoms with van der Waals surface area (Å²) in [5.41, 5.74) is 3.00. The van der Waals surface area contributed by atoms with E-state index in [0.29, 0.717) is 17.6 Å². The number of benzene rings is 2. The minimum atomic E-state index is 0.0175. The van der Waals surface area contributed by atoms with E-state index in [0.717, 1.165) is 51.3 Å². The summed E-state index contributed by atoms with van der Waals surface area (Å²) in [6.45, 7) is 4.61. The molecule has 8 nitrogen and oxygen atoms in total. The number of quaternary nitrogens is 2. The lowest BCUT2D eigenvalue weighted by molar-refractivity contribution is -0.945. The van der Waals surface area contributed by atoms with Gasteiger partial charge in [-0.25, -0.2) is 4.68 Å². The second-order valence-electron chi connectivity index (χ2n) is 9.97. The SMILES string of the molecule is C[NH+](Cc1ccccc1)Cc1cn(C[C@H]2C[C@@H]3CC[NH+]2C[C@@H]3C(=O)Nc2cccc(O)c2)nn1. The molecule has 3 aliphatic rings. The van der Waals surface area contributed by atoms with Crippen LogP contribution in [0.4, 0.5) is 5.69 Å². The van der Waals surface area contributed by atoms with Gasteiger partial charge in [0.15, 0.2) is 0 Å². The van der Waals surface area contributed by atoms with Crippen molar-refractivity contribution in [3.8, 4) is 5.75 Å². The molecule has 0 spiro atoms. The van der Waals surface area contributed by atoms with Gasteiger partial charge in [-0.2, -0.15) is 0 Å². The van der Waals surface area contributed by atoms with Crippen LogP contribution in [0.3, 0.4) is 0 Å². The molecule has 0 radical (unpaired) electrons. The second kappa shape index (κ2) is 9.95. The smallest absolute Gasteiger partial charge is 0.233 e. The number of piperidine rings is 3. The fraction of sp³-hybridized carbons (Fsp3) is 0.423. The number of nitrogens with zero attached hydrogens (tertiary/aromatic N) is 3. The number of fused-ring (bicyclic) bond motifs is 3. The lowest BCUT2D eigenvalue weighted by Crippen LogP contribution is -3.20. The zero-order valence-electron chi connectivity index (χ0n) is 19.7. The largest absolute Gasteiger partial charge is 0.508 e. The van der Waals surface area contributed by atoms with Gasteiger partial charge in [-0.15, -0.1) is 5.10 Å². The molecule has 4 N–H and O–H groups in total. The Bertz CT molecular complexity index is 1120. The van der Waals surface area contributed by atoms with Crippen molar-refractivity contribution in [2.75, 3.05) is 25.5 Å². The summed E-state index contributed by atoms with van der Waals surface area (Å²) in [5.74, 6) is 0.643. The number of anilines is 1. The van der Waals surface area contributed by atoms with Crippen LogP contribution >= 0.6 is 0 Å². The Balaban J connectivity index is 1.14. The molecule has 2 unspecified atom stereocenters. The predicted molar refractivity (Wildman–Crippen MR) is 128 cm³/mol. The van der Waals surface area contributed by atoms with Crippen LogP contribution in [0.25, 0.3) is 0 Å². The summed E-state index contributed by atoms with van der Waals surface area (Å²) < 4.78 is 1.99. The Kier molecular flexibility index (Phi) is 6.60. The molecule has 4 heterocycles. The van der Waals surface area contributed by atoms with Gasteiger partial charge in [0.25, 0.3) is 0 Å². The van der Waals surface area contributed by atoms with E-state index < -0.39 is 0 Å². The highest BCUT2D eigenvalue weighted by Crippen LogP contribution is 2.29.